The summed E-state index contributed by atoms with van der Waals surface area (Å²) in [6.07, 6.45) is 0.541. The average Bonchev–Trinajstić information content (AvgIpc) is 3.06. The van der Waals surface area contributed by atoms with Crippen molar-refractivity contribution in [1.29, 1.82) is 0 Å². The monoisotopic (exact) mass is 586 g/mol. The lowest BCUT2D eigenvalue weighted by molar-refractivity contribution is 0.0520. The second-order valence-corrected chi connectivity index (χ2v) is 11.2. The highest BCUT2D eigenvalue weighted by atomic mass is 79.9. The van der Waals surface area contributed by atoms with E-state index in [2.05, 4.69) is 25.9 Å². The summed E-state index contributed by atoms with van der Waals surface area (Å²) in [7, 11) is -3.66. The zero-order valence-corrected chi connectivity index (χ0v) is 22.1. The number of nitrogens with zero attached hydrogens (tertiary/aromatic N) is 4. The number of hydrogen-bond donors (Lipinski definition) is 0. The number of rotatable bonds is 5. The van der Waals surface area contributed by atoms with Crippen molar-refractivity contribution >= 4 is 72.0 Å². The molecule has 2 aromatic carbocycles. The van der Waals surface area contributed by atoms with Crippen LogP contribution >= 0.6 is 39.1 Å². The van der Waals surface area contributed by atoms with Gasteiger partial charge in [0.1, 0.15) is 0 Å². The molecule has 1 aliphatic rings. The fourth-order valence-corrected chi connectivity index (χ4v) is 5.75. The molecule has 1 aromatic heterocycles. The van der Waals surface area contributed by atoms with Gasteiger partial charge in [0.05, 0.1) is 32.6 Å². The molecule has 1 saturated heterocycles. The third-order valence-electron chi connectivity index (χ3n) is 5.36. The molecule has 1 aliphatic heterocycles. The number of carbonyl (C=O) groups excluding carboxylic acids is 1. The number of hydrogen-bond acceptors (Lipinski definition) is 7. The maximum Gasteiger partial charge on any atom is 0.360 e. The van der Waals surface area contributed by atoms with Gasteiger partial charge in [-0.25, -0.2) is 23.2 Å². The van der Waals surface area contributed by atoms with Crippen LogP contribution in [0.4, 0.5) is 5.82 Å². The molecule has 0 unspecified atom stereocenters. The highest BCUT2D eigenvalue weighted by molar-refractivity contribution is 9.10. The van der Waals surface area contributed by atoms with Gasteiger partial charge in [-0.3, -0.25) is 0 Å². The molecule has 0 aliphatic carbocycles. The molecule has 8 nitrogen and oxygen atoms in total. The molecule has 0 spiro atoms. The normalized spacial score (nSPS) is 15.4. The first kappa shape index (κ1) is 25.1. The van der Waals surface area contributed by atoms with Crippen molar-refractivity contribution in [3.8, 4) is 0 Å². The third-order valence-corrected chi connectivity index (χ3v) is 8.53. The summed E-state index contributed by atoms with van der Waals surface area (Å²) in [6.45, 7) is 3.26. The Morgan fingerprint density at radius 3 is 2.32 bits per heavy atom. The Morgan fingerprint density at radius 2 is 1.68 bits per heavy atom. The van der Waals surface area contributed by atoms with Gasteiger partial charge >= 0.3 is 5.97 Å². The number of ether oxygens (including phenoxy) is 1. The maximum absolute atomic E-state index is 13.2. The fourth-order valence-electron chi connectivity index (χ4n) is 3.70. The number of carbonyl (C=O) groups is 1. The second-order valence-electron chi connectivity index (χ2n) is 7.57. The van der Waals surface area contributed by atoms with Gasteiger partial charge in [-0.15, -0.1) is 0 Å². The van der Waals surface area contributed by atoms with Crippen LogP contribution in [-0.4, -0.2) is 61.4 Å². The van der Waals surface area contributed by atoms with Crippen LogP contribution in [0.25, 0.3) is 11.0 Å². The number of fused-ring (bicyclic) bond motifs is 1. The van der Waals surface area contributed by atoms with E-state index in [0.717, 1.165) is 4.47 Å². The third kappa shape index (κ3) is 5.16. The van der Waals surface area contributed by atoms with Crippen LogP contribution in [0.15, 0.2) is 45.8 Å². The van der Waals surface area contributed by atoms with Gasteiger partial charge < -0.3 is 9.64 Å². The fraction of sp³-hybridized carbons (Fsp3) is 0.318. The van der Waals surface area contributed by atoms with Gasteiger partial charge in [-0.1, -0.05) is 39.1 Å². The van der Waals surface area contributed by atoms with Crippen LogP contribution in [0, 0.1) is 0 Å². The molecule has 0 radical (unpaired) electrons. The molecule has 34 heavy (non-hydrogen) atoms. The van der Waals surface area contributed by atoms with Crippen LogP contribution in [0.2, 0.25) is 10.0 Å². The molecule has 180 valence electrons. The van der Waals surface area contributed by atoms with E-state index in [0.29, 0.717) is 53.0 Å². The highest BCUT2D eigenvalue weighted by Crippen LogP contribution is 2.30. The SMILES string of the molecule is CCOC(=O)c1nc2cc(Cl)c(Cl)cc2nc1N1CCCN(S(=O)(=O)c2ccc(Br)cc2)CC1. The average molecular weight is 588 g/mol. The Kier molecular flexibility index (Phi) is 7.63. The molecule has 2 heterocycles. The summed E-state index contributed by atoms with van der Waals surface area (Å²) >= 11 is 15.6. The van der Waals surface area contributed by atoms with Crippen molar-refractivity contribution in [2.45, 2.75) is 18.2 Å². The van der Waals surface area contributed by atoms with Crippen molar-refractivity contribution in [3.05, 3.63) is 56.6 Å². The lowest BCUT2D eigenvalue weighted by atomic mass is 10.2. The van der Waals surface area contributed by atoms with Gasteiger partial charge in [0, 0.05) is 30.7 Å². The molecular weight excluding hydrogens is 567 g/mol. The largest absolute Gasteiger partial charge is 0.461 e. The van der Waals surface area contributed by atoms with Gasteiger partial charge in [0.25, 0.3) is 0 Å². The van der Waals surface area contributed by atoms with Gasteiger partial charge in [-0.2, -0.15) is 4.31 Å². The van der Waals surface area contributed by atoms with Crippen molar-refractivity contribution in [1.82, 2.24) is 14.3 Å². The molecular formula is C22H21BrCl2N4O4S. The summed E-state index contributed by atoms with van der Waals surface area (Å²) in [4.78, 5) is 23.9. The maximum atomic E-state index is 13.2. The minimum Gasteiger partial charge on any atom is -0.461 e. The topological polar surface area (TPSA) is 92.7 Å². The summed E-state index contributed by atoms with van der Waals surface area (Å²) in [5.41, 5.74) is 0.938. The smallest absolute Gasteiger partial charge is 0.360 e. The molecule has 0 saturated carbocycles. The van der Waals surface area contributed by atoms with Crippen LogP contribution in [0.1, 0.15) is 23.8 Å². The molecule has 3 aromatic rings. The standard InChI is InChI=1S/C22H21BrCl2N4O4S/c1-2-33-22(30)20-21(27-19-13-17(25)16(24)12-18(19)26-20)28-8-3-9-29(11-10-28)34(31,32)15-6-4-14(23)5-7-15/h4-7,12-13H,2-3,8-11H2,1H3. The van der Waals surface area contributed by atoms with Crippen LogP contribution in [0.5, 0.6) is 0 Å². The van der Waals surface area contributed by atoms with Crippen LogP contribution in [0.3, 0.4) is 0 Å². The Bertz CT molecular complexity index is 1340. The van der Waals surface area contributed by atoms with E-state index in [1.807, 2.05) is 4.90 Å². The number of aromatic nitrogens is 2. The summed E-state index contributed by atoms with van der Waals surface area (Å²) in [5, 5.41) is 0.621. The molecule has 0 atom stereocenters. The van der Waals surface area contributed by atoms with Crippen molar-refractivity contribution < 1.29 is 17.9 Å². The molecule has 0 bridgehead atoms. The predicted molar refractivity (Wildman–Crippen MR) is 135 cm³/mol. The first-order valence-electron chi connectivity index (χ1n) is 10.6. The lowest BCUT2D eigenvalue weighted by Gasteiger charge is -2.24. The summed E-state index contributed by atoms with van der Waals surface area (Å²) < 4.78 is 33.8. The predicted octanol–water partition coefficient (Wildman–Crippen LogP) is 4.78. The van der Waals surface area contributed by atoms with E-state index in [4.69, 9.17) is 27.9 Å². The summed E-state index contributed by atoms with van der Waals surface area (Å²) in [6, 6.07) is 9.69. The van der Waals surface area contributed by atoms with Crippen molar-refractivity contribution in [2.24, 2.45) is 0 Å². The van der Waals surface area contributed by atoms with Crippen molar-refractivity contribution in [2.75, 3.05) is 37.7 Å². The number of esters is 1. The van der Waals surface area contributed by atoms with Crippen molar-refractivity contribution in [3.63, 3.8) is 0 Å². The van der Waals surface area contributed by atoms with E-state index in [9.17, 15) is 13.2 Å². The minimum absolute atomic E-state index is 0.0527. The van der Waals surface area contributed by atoms with Gasteiger partial charge in [0.15, 0.2) is 11.5 Å². The Labute approximate surface area is 216 Å². The van der Waals surface area contributed by atoms with E-state index < -0.39 is 16.0 Å². The van der Waals surface area contributed by atoms with Crippen LogP contribution < -0.4 is 4.90 Å². The zero-order valence-electron chi connectivity index (χ0n) is 18.2. The minimum atomic E-state index is -3.66. The number of halogens is 3. The van der Waals surface area contributed by atoms with Gasteiger partial charge in [0.2, 0.25) is 10.0 Å². The van der Waals surface area contributed by atoms with Gasteiger partial charge in [-0.05, 0) is 49.7 Å². The van der Waals surface area contributed by atoms with E-state index in [1.165, 1.54) is 4.31 Å². The first-order valence-corrected chi connectivity index (χ1v) is 13.5. The lowest BCUT2D eigenvalue weighted by Crippen LogP contribution is -2.36. The molecule has 0 amide bonds. The molecule has 12 heteroatoms. The number of anilines is 1. The molecule has 0 N–H and O–H groups in total. The van der Waals surface area contributed by atoms with E-state index >= 15 is 0 Å². The van der Waals surface area contributed by atoms with Crippen LogP contribution in [-0.2, 0) is 14.8 Å². The zero-order chi connectivity index (χ0) is 24.5. The quantitative estimate of drug-likeness (QED) is 0.397. The first-order chi connectivity index (χ1) is 16.2. The highest BCUT2D eigenvalue weighted by Gasteiger charge is 2.29. The second kappa shape index (κ2) is 10.3. The summed E-state index contributed by atoms with van der Waals surface area (Å²) in [5.74, 6) is -0.284. The molecule has 4 rings (SSSR count). The van der Waals surface area contributed by atoms with E-state index in [1.54, 1.807) is 43.3 Å². The van der Waals surface area contributed by atoms with E-state index in [-0.39, 0.29) is 23.7 Å². The molecule has 1 fully saturated rings. The number of sulfonamides is 1. The Balaban J connectivity index is 1.67. The Morgan fingerprint density at radius 1 is 1.03 bits per heavy atom. The number of benzene rings is 2. The Hall–Kier alpha value is -1.98.